The Kier molecular flexibility index (Phi) is 7.07. The molecule has 2 aliphatic heterocycles. The van der Waals surface area contributed by atoms with E-state index >= 15 is 0 Å². The van der Waals surface area contributed by atoms with Gasteiger partial charge in [0.1, 0.15) is 0 Å². The van der Waals surface area contributed by atoms with Gasteiger partial charge < -0.3 is 20.4 Å². The summed E-state index contributed by atoms with van der Waals surface area (Å²) in [6, 6.07) is 16.3. The summed E-state index contributed by atoms with van der Waals surface area (Å²) in [5, 5.41) is 5.60. The molecule has 0 bridgehead atoms. The van der Waals surface area contributed by atoms with Crippen molar-refractivity contribution in [2.45, 2.75) is 19.0 Å². The Hall–Kier alpha value is -2.90. The molecule has 32 heavy (non-hydrogen) atoms. The number of benzene rings is 2. The van der Waals surface area contributed by atoms with Crippen molar-refractivity contribution >= 4 is 17.5 Å². The van der Waals surface area contributed by atoms with Crippen LogP contribution in [0.5, 0.6) is 0 Å². The monoisotopic (exact) mass is 435 g/mol. The number of fused-ring (bicyclic) bond motifs is 1. The second-order valence-electron chi connectivity index (χ2n) is 8.79. The molecule has 2 aromatic rings. The van der Waals surface area contributed by atoms with E-state index in [1.807, 2.05) is 30.3 Å². The first kappa shape index (κ1) is 22.3. The highest BCUT2D eigenvalue weighted by Crippen LogP contribution is 2.31. The fourth-order valence-corrected chi connectivity index (χ4v) is 4.51. The minimum absolute atomic E-state index is 0.0470. The molecule has 0 radical (unpaired) electrons. The third-order valence-electron chi connectivity index (χ3n) is 6.55. The standard InChI is InChI=1S/C25H33N5O2/c1-28-12-14-30(15-13-28)23(20-8-9-22-21(16-20)10-11-29(22)2)18-27-25(32)24(31)26-17-19-6-4-3-5-7-19/h3-9,16,23H,10-15,17-18H2,1-2H3,(H,26,31)(H,27,32)/t23-/m0/s1. The van der Waals surface area contributed by atoms with E-state index in [-0.39, 0.29) is 6.04 Å². The fraction of sp³-hybridized carbons (Fsp3) is 0.440. The molecule has 170 valence electrons. The number of nitrogens with one attached hydrogen (secondary N) is 2. The minimum Gasteiger partial charge on any atom is -0.374 e. The highest BCUT2D eigenvalue weighted by Gasteiger charge is 2.27. The molecule has 0 aliphatic carbocycles. The van der Waals surface area contributed by atoms with E-state index in [0.29, 0.717) is 13.1 Å². The first-order chi connectivity index (χ1) is 15.5. The van der Waals surface area contributed by atoms with Crippen molar-refractivity contribution in [3.8, 4) is 0 Å². The van der Waals surface area contributed by atoms with Gasteiger partial charge in [-0.3, -0.25) is 14.5 Å². The first-order valence-corrected chi connectivity index (χ1v) is 11.4. The molecule has 2 aromatic carbocycles. The second-order valence-corrected chi connectivity index (χ2v) is 8.79. The molecule has 4 rings (SSSR count). The zero-order chi connectivity index (χ0) is 22.5. The number of nitrogens with zero attached hydrogens (tertiary/aromatic N) is 3. The molecule has 1 saturated heterocycles. The fourth-order valence-electron chi connectivity index (χ4n) is 4.51. The van der Waals surface area contributed by atoms with Crippen LogP contribution in [0.1, 0.15) is 22.7 Å². The van der Waals surface area contributed by atoms with E-state index in [9.17, 15) is 9.59 Å². The van der Waals surface area contributed by atoms with E-state index in [1.165, 1.54) is 16.8 Å². The summed E-state index contributed by atoms with van der Waals surface area (Å²) in [7, 11) is 4.26. The molecule has 2 aliphatic rings. The molecule has 2 N–H and O–H groups in total. The summed E-state index contributed by atoms with van der Waals surface area (Å²) < 4.78 is 0. The molecule has 2 heterocycles. The molecular formula is C25H33N5O2. The van der Waals surface area contributed by atoms with E-state index in [0.717, 1.165) is 44.7 Å². The van der Waals surface area contributed by atoms with E-state index in [4.69, 9.17) is 0 Å². The van der Waals surface area contributed by atoms with Crippen LogP contribution < -0.4 is 15.5 Å². The lowest BCUT2D eigenvalue weighted by Crippen LogP contribution is -2.49. The van der Waals surface area contributed by atoms with E-state index in [2.05, 4.69) is 57.6 Å². The smallest absolute Gasteiger partial charge is 0.309 e. The Morgan fingerprint density at radius 3 is 2.38 bits per heavy atom. The van der Waals surface area contributed by atoms with Gasteiger partial charge in [-0.15, -0.1) is 0 Å². The SMILES string of the molecule is CN1CCN([C@@H](CNC(=O)C(=O)NCc2ccccc2)c2ccc3c(c2)CCN3C)CC1. The number of likely N-dealkylation sites (N-methyl/N-ethyl adjacent to an activating group) is 2. The van der Waals surface area contributed by atoms with Gasteiger partial charge in [0.2, 0.25) is 0 Å². The second kappa shape index (κ2) is 10.1. The lowest BCUT2D eigenvalue weighted by molar-refractivity contribution is -0.139. The molecule has 0 spiro atoms. The molecule has 1 fully saturated rings. The van der Waals surface area contributed by atoms with Crippen molar-refractivity contribution in [3.05, 3.63) is 65.2 Å². The van der Waals surface area contributed by atoms with Gasteiger partial charge in [-0.2, -0.15) is 0 Å². The first-order valence-electron chi connectivity index (χ1n) is 11.4. The van der Waals surface area contributed by atoms with Gasteiger partial charge in [0.15, 0.2) is 0 Å². The Morgan fingerprint density at radius 2 is 1.62 bits per heavy atom. The van der Waals surface area contributed by atoms with Crippen LogP contribution in [0.15, 0.2) is 48.5 Å². The molecule has 0 unspecified atom stereocenters. The number of hydrogen-bond donors (Lipinski definition) is 2. The average Bonchev–Trinajstić information content (AvgIpc) is 3.19. The highest BCUT2D eigenvalue weighted by molar-refractivity contribution is 6.35. The van der Waals surface area contributed by atoms with Crippen molar-refractivity contribution in [2.75, 3.05) is 58.3 Å². The van der Waals surface area contributed by atoms with E-state index < -0.39 is 11.8 Å². The Balaban J connectivity index is 1.41. The van der Waals surface area contributed by atoms with Crippen LogP contribution in [-0.2, 0) is 22.6 Å². The van der Waals surface area contributed by atoms with Crippen LogP contribution in [0.2, 0.25) is 0 Å². The molecule has 0 aromatic heterocycles. The van der Waals surface area contributed by atoms with Crippen LogP contribution in [0, 0.1) is 0 Å². The lowest BCUT2D eigenvalue weighted by Gasteiger charge is -2.38. The Labute approximate surface area is 190 Å². The highest BCUT2D eigenvalue weighted by atomic mass is 16.2. The maximum absolute atomic E-state index is 12.5. The van der Waals surface area contributed by atoms with Gasteiger partial charge in [-0.1, -0.05) is 42.5 Å². The largest absolute Gasteiger partial charge is 0.374 e. The summed E-state index contributed by atoms with van der Waals surface area (Å²) in [5.41, 5.74) is 4.81. The molecule has 7 heteroatoms. The Bertz CT molecular complexity index is 941. The van der Waals surface area contributed by atoms with Crippen molar-refractivity contribution in [1.82, 2.24) is 20.4 Å². The number of carbonyl (C=O) groups excluding carboxylic acids is 2. The van der Waals surface area contributed by atoms with Gasteiger partial charge in [0.05, 0.1) is 6.04 Å². The van der Waals surface area contributed by atoms with Crippen molar-refractivity contribution < 1.29 is 9.59 Å². The van der Waals surface area contributed by atoms with E-state index in [1.54, 1.807) is 0 Å². The quantitative estimate of drug-likeness (QED) is 0.672. The normalized spacial score (nSPS) is 17.6. The number of rotatable bonds is 6. The van der Waals surface area contributed by atoms with Crippen LogP contribution in [-0.4, -0.2) is 75.0 Å². The van der Waals surface area contributed by atoms with Gasteiger partial charge in [-0.25, -0.2) is 0 Å². The van der Waals surface area contributed by atoms with Crippen LogP contribution in [0.4, 0.5) is 5.69 Å². The molecular weight excluding hydrogens is 402 g/mol. The third-order valence-corrected chi connectivity index (χ3v) is 6.55. The number of anilines is 1. The van der Waals surface area contributed by atoms with Crippen LogP contribution in [0.25, 0.3) is 0 Å². The van der Waals surface area contributed by atoms with Crippen molar-refractivity contribution in [1.29, 1.82) is 0 Å². The number of carbonyl (C=O) groups is 2. The zero-order valence-electron chi connectivity index (χ0n) is 19.0. The van der Waals surface area contributed by atoms with Crippen molar-refractivity contribution in [2.24, 2.45) is 0 Å². The van der Waals surface area contributed by atoms with Gasteiger partial charge >= 0.3 is 11.8 Å². The third kappa shape index (κ3) is 5.29. The van der Waals surface area contributed by atoms with Crippen LogP contribution >= 0.6 is 0 Å². The van der Waals surface area contributed by atoms with Gasteiger partial charge in [0.25, 0.3) is 0 Å². The average molecular weight is 436 g/mol. The molecule has 0 saturated carbocycles. The molecule has 7 nitrogen and oxygen atoms in total. The Morgan fingerprint density at radius 1 is 0.906 bits per heavy atom. The molecule has 2 amide bonds. The predicted octanol–water partition coefficient (Wildman–Crippen LogP) is 1.40. The summed E-state index contributed by atoms with van der Waals surface area (Å²) >= 11 is 0. The number of piperazine rings is 1. The summed E-state index contributed by atoms with van der Waals surface area (Å²) in [4.78, 5) is 31.9. The number of hydrogen-bond acceptors (Lipinski definition) is 5. The van der Waals surface area contributed by atoms with Crippen molar-refractivity contribution in [3.63, 3.8) is 0 Å². The molecule has 1 atom stereocenters. The maximum atomic E-state index is 12.5. The summed E-state index contributed by atoms with van der Waals surface area (Å²) in [6.07, 6.45) is 1.05. The lowest BCUT2D eigenvalue weighted by atomic mass is 10.00. The maximum Gasteiger partial charge on any atom is 0.309 e. The number of amides is 2. The topological polar surface area (TPSA) is 67.9 Å². The minimum atomic E-state index is -0.596. The van der Waals surface area contributed by atoms with Gasteiger partial charge in [0, 0.05) is 58.5 Å². The summed E-state index contributed by atoms with van der Waals surface area (Å²) in [6.45, 7) is 5.66. The predicted molar refractivity (Wildman–Crippen MR) is 127 cm³/mol. The summed E-state index contributed by atoms with van der Waals surface area (Å²) in [5.74, 6) is -1.18. The van der Waals surface area contributed by atoms with Crippen LogP contribution in [0.3, 0.4) is 0 Å². The zero-order valence-corrected chi connectivity index (χ0v) is 19.0. The van der Waals surface area contributed by atoms with Gasteiger partial charge in [-0.05, 0) is 36.2 Å².